The molecule has 0 heterocycles. The highest BCUT2D eigenvalue weighted by Crippen LogP contribution is 2.26. The maximum Gasteiger partial charge on any atom is 0.226 e. The third kappa shape index (κ3) is 8.15. The minimum atomic E-state index is -0.137. The normalized spacial score (nSPS) is 10.3. The van der Waals surface area contributed by atoms with Crippen molar-refractivity contribution in [2.45, 2.75) is 33.1 Å². The van der Waals surface area contributed by atoms with E-state index in [1.807, 2.05) is 56.3 Å². The van der Waals surface area contributed by atoms with Crippen LogP contribution in [0.4, 0.5) is 5.69 Å². The highest BCUT2D eigenvalue weighted by molar-refractivity contribution is 9.10. The molecule has 2 aromatic rings. The summed E-state index contributed by atoms with van der Waals surface area (Å²) in [5.41, 5.74) is 1.75. The fourth-order valence-electron chi connectivity index (χ4n) is 2.60. The van der Waals surface area contributed by atoms with Gasteiger partial charge in [0.2, 0.25) is 11.8 Å². The summed E-state index contributed by atoms with van der Waals surface area (Å²) in [6.07, 6.45) is 1.13. The van der Waals surface area contributed by atoms with E-state index in [0.717, 1.165) is 15.7 Å². The highest BCUT2D eigenvalue weighted by Gasteiger charge is 2.08. The fourth-order valence-corrected chi connectivity index (χ4v) is 2.97. The Hall–Kier alpha value is -2.54. The molecule has 0 bridgehead atoms. The number of hydrogen-bond donors (Lipinski definition) is 2. The first kappa shape index (κ1) is 22.7. The van der Waals surface area contributed by atoms with Crippen LogP contribution in [-0.2, 0) is 9.59 Å². The first-order valence-electron chi connectivity index (χ1n) is 9.67. The molecule has 0 aliphatic carbocycles. The number of anilines is 1. The van der Waals surface area contributed by atoms with Crippen molar-refractivity contribution in [1.82, 2.24) is 5.32 Å². The Morgan fingerprint density at radius 2 is 1.72 bits per heavy atom. The minimum Gasteiger partial charge on any atom is -0.490 e. The predicted octanol–water partition coefficient (Wildman–Crippen LogP) is 4.46. The molecule has 0 aliphatic heterocycles. The molecule has 0 unspecified atom stereocenters. The number of carbonyl (C=O) groups is 2. The topological polar surface area (TPSA) is 76.7 Å². The van der Waals surface area contributed by atoms with E-state index in [0.29, 0.717) is 44.1 Å². The van der Waals surface area contributed by atoms with Crippen molar-refractivity contribution in [1.29, 1.82) is 0 Å². The number of aryl methyl sites for hydroxylation is 1. The van der Waals surface area contributed by atoms with Gasteiger partial charge in [-0.1, -0.05) is 34.1 Å². The standard InChI is InChI=1S/C22H27BrN2O4/c1-3-28-19-7-4-5-8-20(19)29-14-6-9-21(26)24-13-12-22(27)25-18-15-17(23)11-10-16(18)2/h4-5,7-8,10-11,15H,3,6,9,12-14H2,1-2H3,(H,24,26)(H,25,27). The molecule has 0 fully saturated rings. The van der Waals surface area contributed by atoms with Gasteiger partial charge in [0.15, 0.2) is 11.5 Å². The number of ether oxygens (including phenoxy) is 2. The number of hydrogen-bond acceptors (Lipinski definition) is 4. The van der Waals surface area contributed by atoms with Gasteiger partial charge < -0.3 is 20.1 Å². The van der Waals surface area contributed by atoms with Crippen LogP contribution in [0.25, 0.3) is 0 Å². The van der Waals surface area contributed by atoms with Crippen molar-refractivity contribution >= 4 is 33.4 Å². The van der Waals surface area contributed by atoms with E-state index in [1.54, 1.807) is 0 Å². The van der Waals surface area contributed by atoms with Gasteiger partial charge in [0.25, 0.3) is 0 Å². The van der Waals surface area contributed by atoms with Crippen LogP contribution in [-0.4, -0.2) is 31.6 Å². The summed E-state index contributed by atoms with van der Waals surface area (Å²) < 4.78 is 12.1. The average Bonchev–Trinajstić information content (AvgIpc) is 2.69. The molecule has 0 saturated carbocycles. The van der Waals surface area contributed by atoms with Gasteiger partial charge in [-0.25, -0.2) is 0 Å². The van der Waals surface area contributed by atoms with Crippen LogP contribution in [0, 0.1) is 6.92 Å². The van der Waals surface area contributed by atoms with Gasteiger partial charge in [-0.15, -0.1) is 0 Å². The maximum atomic E-state index is 12.1. The molecule has 156 valence electrons. The molecule has 7 heteroatoms. The highest BCUT2D eigenvalue weighted by atomic mass is 79.9. The molecule has 2 rings (SSSR count). The molecular weight excluding hydrogens is 436 g/mol. The van der Waals surface area contributed by atoms with Crippen molar-refractivity contribution in [3.05, 3.63) is 52.5 Å². The molecule has 0 spiro atoms. The molecule has 0 radical (unpaired) electrons. The zero-order valence-corrected chi connectivity index (χ0v) is 18.4. The Morgan fingerprint density at radius 3 is 2.45 bits per heavy atom. The lowest BCUT2D eigenvalue weighted by Gasteiger charge is -2.11. The lowest BCUT2D eigenvalue weighted by Crippen LogP contribution is -2.27. The van der Waals surface area contributed by atoms with Crippen LogP contribution < -0.4 is 20.1 Å². The van der Waals surface area contributed by atoms with Crippen molar-refractivity contribution < 1.29 is 19.1 Å². The lowest BCUT2D eigenvalue weighted by molar-refractivity contribution is -0.121. The van der Waals surface area contributed by atoms with Gasteiger partial charge in [-0.3, -0.25) is 9.59 Å². The second-order valence-corrected chi connectivity index (χ2v) is 7.35. The van der Waals surface area contributed by atoms with Crippen LogP contribution in [0.3, 0.4) is 0 Å². The Kier molecular flexibility index (Phi) is 9.50. The van der Waals surface area contributed by atoms with Crippen LogP contribution in [0.1, 0.15) is 31.7 Å². The summed E-state index contributed by atoms with van der Waals surface area (Å²) in [5, 5.41) is 5.63. The molecule has 2 amide bonds. The molecule has 29 heavy (non-hydrogen) atoms. The zero-order chi connectivity index (χ0) is 21.1. The second kappa shape index (κ2) is 12.1. The molecule has 0 aromatic heterocycles. The van der Waals surface area contributed by atoms with Crippen molar-refractivity contribution in [2.24, 2.45) is 0 Å². The third-order valence-corrected chi connectivity index (χ3v) is 4.60. The Balaban J connectivity index is 1.62. The molecular formula is C22H27BrN2O4. The first-order valence-corrected chi connectivity index (χ1v) is 10.5. The van der Waals surface area contributed by atoms with Gasteiger partial charge >= 0.3 is 0 Å². The number of para-hydroxylation sites is 2. The fraction of sp³-hybridized carbons (Fsp3) is 0.364. The lowest BCUT2D eigenvalue weighted by atomic mass is 10.2. The Labute approximate surface area is 180 Å². The molecule has 0 aliphatic rings. The van der Waals surface area contributed by atoms with Gasteiger partial charge in [-0.05, 0) is 50.1 Å². The Bertz CT molecular complexity index is 826. The van der Waals surface area contributed by atoms with E-state index in [2.05, 4.69) is 26.6 Å². The van der Waals surface area contributed by atoms with Crippen molar-refractivity contribution in [2.75, 3.05) is 25.1 Å². The first-order chi connectivity index (χ1) is 14.0. The zero-order valence-electron chi connectivity index (χ0n) is 16.8. The van der Waals surface area contributed by atoms with Crippen LogP contribution in [0.5, 0.6) is 11.5 Å². The summed E-state index contributed by atoms with van der Waals surface area (Å²) in [4.78, 5) is 24.0. The number of amides is 2. The monoisotopic (exact) mass is 462 g/mol. The number of halogens is 1. The smallest absolute Gasteiger partial charge is 0.226 e. The predicted molar refractivity (Wildman–Crippen MR) is 117 cm³/mol. The third-order valence-electron chi connectivity index (χ3n) is 4.10. The van der Waals surface area contributed by atoms with Crippen LogP contribution >= 0.6 is 15.9 Å². The minimum absolute atomic E-state index is 0.0990. The summed E-state index contributed by atoms with van der Waals surface area (Å²) in [7, 11) is 0. The maximum absolute atomic E-state index is 12.1. The number of carbonyl (C=O) groups excluding carboxylic acids is 2. The van der Waals surface area contributed by atoms with Crippen LogP contribution in [0.15, 0.2) is 46.9 Å². The molecule has 2 N–H and O–H groups in total. The van der Waals surface area contributed by atoms with E-state index in [4.69, 9.17) is 9.47 Å². The Morgan fingerprint density at radius 1 is 1.00 bits per heavy atom. The van der Waals surface area contributed by atoms with E-state index < -0.39 is 0 Å². The quantitative estimate of drug-likeness (QED) is 0.483. The van der Waals surface area contributed by atoms with Gasteiger partial charge in [-0.2, -0.15) is 0 Å². The summed E-state index contributed by atoms with van der Waals surface area (Å²) in [6, 6.07) is 13.2. The second-order valence-electron chi connectivity index (χ2n) is 6.44. The number of benzene rings is 2. The molecule has 6 nitrogen and oxygen atoms in total. The molecule has 0 atom stereocenters. The summed E-state index contributed by atoms with van der Waals surface area (Å²) >= 11 is 3.39. The van der Waals surface area contributed by atoms with E-state index in [1.165, 1.54) is 0 Å². The SMILES string of the molecule is CCOc1ccccc1OCCCC(=O)NCCC(=O)Nc1cc(Br)ccc1C. The van der Waals surface area contributed by atoms with Gasteiger partial charge in [0.1, 0.15) is 0 Å². The largest absolute Gasteiger partial charge is 0.490 e. The summed E-state index contributed by atoms with van der Waals surface area (Å²) in [5.74, 6) is 1.14. The van der Waals surface area contributed by atoms with E-state index >= 15 is 0 Å². The molecule has 0 saturated heterocycles. The average molecular weight is 463 g/mol. The van der Waals surface area contributed by atoms with Gasteiger partial charge in [0, 0.05) is 29.5 Å². The van der Waals surface area contributed by atoms with E-state index in [9.17, 15) is 9.59 Å². The molecule has 2 aromatic carbocycles. The van der Waals surface area contributed by atoms with Gasteiger partial charge in [0.05, 0.1) is 13.2 Å². The van der Waals surface area contributed by atoms with Crippen molar-refractivity contribution in [3.63, 3.8) is 0 Å². The van der Waals surface area contributed by atoms with Crippen LogP contribution in [0.2, 0.25) is 0 Å². The van der Waals surface area contributed by atoms with Crippen molar-refractivity contribution in [3.8, 4) is 11.5 Å². The summed E-state index contributed by atoms with van der Waals surface area (Å²) in [6.45, 7) is 5.13. The van der Waals surface area contributed by atoms with E-state index in [-0.39, 0.29) is 18.2 Å². The number of rotatable bonds is 11. The number of nitrogens with one attached hydrogen (secondary N) is 2.